The van der Waals surface area contributed by atoms with Crippen molar-refractivity contribution in [3.63, 3.8) is 0 Å². The molecule has 1 saturated carbocycles. The van der Waals surface area contributed by atoms with Crippen LogP contribution in [0.4, 0.5) is 0 Å². The fraction of sp³-hybridized carbons (Fsp3) is 0.857. The molecule has 0 heterocycles. The number of rotatable bonds is 6. The molecule has 1 amide bonds. The van der Waals surface area contributed by atoms with Crippen LogP contribution in [-0.2, 0) is 9.59 Å². The molecule has 0 bridgehead atoms. The number of carbonyl (C=O) groups excluding carboxylic acids is 1. The first-order valence-electron chi connectivity index (χ1n) is 6.80. The van der Waals surface area contributed by atoms with Gasteiger partial charge in [0.05, 0.1) is 5.41 Å². The maximum absolute atomic E-state index is 11.9. The molecule has 1 fully saturated rings. The van der Waals surface area contributed by atoms with Crippen LogP contribution in [0.5, 0.6) is 0 Å². The first kappa shape index (κ1) is 15.0. The Bertz CT molecular complexity index is 323. The molecule has 104 valence electrons. The van der Waals surface area contributed by atoms with Crippen molar-refractivity contribution in [3.05, 3.63) is 0 Å². The van der Waals surface area contributed by atoms with E-state index >= 15 is 0 Å². The van der Waals surface area contributed by atoms with E-state index in [1.807, 2.05) is 20.8 Å². The van der Waals surface area contributed by atoms with E-state index in [9.17, 15) is 14.7 Å². The highest BCUT2D eigenvalue weighted by molar-refractivity contribution is 5.85. The summed E-state index contributed by atoms with van der Waals surface area (Å²) in [5.41, 5.74) is -0.983. The van der Waals surface area contributed by atoms with Crippen molar-refractivity contribution in [2.75, 3.05) is 0 Å². The van der Waals surface area contributed by atoms with Gasteiger partial charge in [-0.2, -0.15) is 0 Å². The third-order valence-electron chi connectivity index (χ3n) is 4.54. The Morgan fingerprint density at radius 2 is 1.89 bits per heavy atom. The van der Waals surface area contributed by atoms with Gasteiger partial charge in [-0.3, -0.25) is 9.59 Å². The average molecular weight is 255 g/mol. The highest BCUT2D eigenvalue weighted by Gasteiger charge is 2.39. The van der Waals surface area contributed by atoms with Gasteiger partial charge >= 0.3 is 5.97 Å². The van der Waals surface area contributed by atoms with Gasteiger partial charge < -0.3 is 10.4 Å². The Morgan fingerprint density at radius 1 is 1.33 bits per heavy atom. The van der Waals surface area contributed by atoms with Crippen LogP contribution in [0.15, 0.2) is 0 Å². The summed E-state index contributed by atoms with van der Waals surface area (Å²) in [6.07, 6.45) is 3.63. The molecule has 0 aromatic rings. The first-order chi connectivity index (χ1) is 8.27. The van der Waals surface area contributed by atoms with E-state index in [1.54, 1.807) is 6.92 Å². The SMILES string of the molecule is CC(NC(=O)CC(C)(C(=O)O)C(C)C)C1CCC1. The molecular weight excluding hydrogens is 230 g/mol. The molecule has 0 spiro atoms. The standard InChI is InChI=1S/C14H25NO3/c1-9(2)14(4,13(17)18)8-12(16)15-10(3)11-6-5-7-11/h9-11H,5-8H2,1-4H3,(H,15,16)(H,17,18). The summed E-state index contributed by atoms with van der Waals surface area (Å²) in [6.45, 7) is 7.34. The third-order valence-corrected chi connectivity index (χ3v) is 4.54. The van der Waals surface area contributed by atoms with Crippen molar-refractivity contribution in [2.24, 2.45) is 17.3 Å². The summed E-state index contributed by atoms with van der Waals surface area (Å²) in [4.78, 5) is 23.3. The average Bonchev–Trinajstić information content (AvgIpc) is 2.12. The normalized spacial score (nSPS) is 20.9. The van der Waals surface area contributed by atoms with Crippen molar-refractivity contribution in [1.82, 2.24) is 5.32 Å². The lowest BCUT2D eigenvalue weighted by Gasteiger charge is -2.33. The molecular formula is C14H25NO3. The summed E-state index contributed by atoms with van der Waals surface area (Å²) in [5.74, 6) is -0.541. The van der Waals surface area contributed by atoms with Gasteiger partial charge in [-0.15, -0.1) is 0 Å². The smallest absolute Gasteiger partial charge is 0.310 e. The van der Waals surface area contributed by atoms with Crippen molar-refractivity contribution in [3.8, 4) is 0 Å². The predicted molar refractivity (Wildman–Crippen MR) is 70.1 cm³/mol. The maximum Gasteiger partial charge on any atom is 0.310 e. The number of carbonyl (C=O) groups is 2. The molecule has 0 aromatic carbocycles. The molecule has 2 N–H and O–H groups in total. The summed E-state index contributed by atoms with van der Waals surface area (Å²) in [7, 11) is 0. The van der Waals surface area contributed by atoms with E-state index < -0.39 is 11.4 Å². The van der Waals surface area contributed by atoms with Gasteiger partial charge in [0.15, 0.2) is 0 Å². The van der Waals surface area contributed by atoms with Crippen molar-refractivity contribution >= 4 is 11.9 Å². The van der Waals surface area contributed by atoms with Gasteiger partial charge in [-0.05, 0) is 38.5 Å². The Kier molecular flexibility index (Phi) is 4.77. The molecule has 1 aliphatic carbocycles. The minimum atomic E-state index is -0.983. The number of aliphatic carboxylic acids is 1. The largest absolute Gasteiger partial charge is 0.481 e. The zero-order chi connectivity index (χ0) is 13.9. The lowest BCUT2D eigenvalue weighted by Crippen LogP contribution is -2.44. The van der Waals surface area contributed by atoms with Crippen molar-refractivity contribution in [2.45, 2.75) is 59.4 Å². The molecule has 18 heavy (non-hydrogen) atoms. The lowest BCUT2D eigenvalue weighted by molar-refractivity contribution is -0.153. The second-order valence-corrected chi connectivity index (χ2v) is 6.10. The maximum atomic E-state index is 11.9. The summed E-state index contributed by atoms with van der Waals surface area (Å²) < 4.78 is 0. The van der Waals surface area contributed by atoms with E-state index in [4.69, 9.17) is 0 Å². The lowest BCUT2D eigenvalue weighted by atomic mass is 9.75. The monoisotopic (exact) mass is 255 g/mol. The van der Waals surface area contributed by atoms with Crippen LogP contribution < -0.4 is 5.32 Å². The van der Waals surface area contributed by atoms with Crippen LogP contribution in [0.1, 0.15) is 53.4 Å². The van der Waals surface area contributed by atoms with Crippen molar-refractivity contribution in [1.29, 1.82) is 0 Å². The van der Waals surface area contributed by atoms with Crippen LogP contribution in [0.25, 0.3) is 0 Å². The van der Waals surface area contributed by atoms with E-state index in [-0.39, 0.29) is 24.3 Å². The highest BCUT2D eigenvalue weighted by Crippen LogP contribution is 2.32. The van der Waals surface area contributed by atoms with Gasteiger partial charge in [-0.25, -0.2) is 0 Å². The van der Waals surface area contributed by atoms with E-state index in [0.29, 0.717) is 5.92 Å². The molecule has 4 heteroatoms. The Labute approximate surface area is 109 Å². The minimum Gasteiger partial charge on any atom is -0.481 e. The molecule has 0 radical (unpaired) electrons. The Morgan fingerprint density at radius 3 is 2.22 bits per heavy atom. The first-order valence-corrected chi connectivity index (χ1v) is 6.80. The Hall–Kier alpha value is -1.06. The molecule has 0 saturated heterocycles. The second-order valence-electron chi connectivity index (χ2n) is 6.10. The Balaban J connectivity index is 2.53. The predicted octanol–water partition coefficient (Wildman–Crippen LogP) is 2.43. The van der Waals surface area contributed by atoms with E-state index in [2.05, 4.69) is 5.32 Å². The van der Waals surface area contributed by atoms with Crippen LogP contribution in [0, 0.1) is 17.3 Å². The number of carboxylic acid groups (broad SMARTS) is 1. The molecule has 1 rings (SSSR count). The number of hydrogen-bond donors (Lipinski definition) is 2. The zero-order valence-corrected chi connectivity index (χ0v) is 11.8. The van der Waals surface area contributed by atoms with Gasteiger partial charge in [0.1, 0.15) is 0 Å². The second kappa shape index (κ2) is 5.72. The minimum absolute atomic E-state index is 0.0526. The number of amides is 1. The van der Waals surface area contributed by atoms with Gasteiger partial charge in [0.2, 0.25) is 5.91 Å². The molecule has 0 aliphatic heterocycles. The van der Waals surface area contributed by atoms with Crippen LogP contribution in [0.2, 0.25) is 0 Å². The topological polar surface area (TPSA) is 66.4 Å². The van der Waals surface area contributed by atoms with Crippen LogP contribution >= 0.6 is 0 Å². The van der Waals surface area contributed by atoms with E-state index in [1.165, 1.54) is 19.3 Å². The highest BCUT2D eigenvalue weighted by atomic mass is 16.4. The number of nitrogens with one attached hydrogen (secondary N) is 1. The fourth-order valence-corrected chi connectivity index (χ4v) is 2.22. The molecule has 0 aromatic heterocycles. The van der Waals surface area contributed by atoms with Gasteiger partial charge in [-0.1, -0.05) is 20.3 Å². The molecule has 4 nitrogen and oxygen atoms in total. The number of hydrogen-bond acceptors (Lipinski definition) is 2. The molecule has 1 aliphatic rings. The summed E-state index contributed by atoms with van der Waals surface area (Å²) in [5, 5.41) is 12.2. The van der Waals surface area contributed by atoms with Gasteiger partial charge in [0, 0.05) is 12.5 Å². The van der Waals surface area contributed by atoms with Crippen LogP contribution in [-0.4, -0.2) is 23.0 Å². The molecule has 2 atom stereocenters. The summed E-state index contributed by atoms with van der Waals surface area (Å²) in [6, 6.07) is 0.163. The zero-order valence-electron chi connectivity index (χ0n) is 11.8. The number of carboxylic acids is 1. The van der Waals surface area contributed by atoms with Crippen molar-refractivity contribution < 1.29 is 14.7 Å². The quantitative estimate of drug-likeness (QED) is 0.766. The van der Waals surface area contributed by atoms with Gasteiger partial charge in [0.25, 0.3) is 0 Å². The van der Waals surface area contributed by atoms with Crippen LogP contribution in [0.3, 0.4) is 0 Å². The fourth-order valence-electron chi connectivity index (χ4n) is 2.22. The third kappa shape index (κ3) is 3.24. The molecule has 2 unspecified atom stereocenters. The summed E-state index contributed by atoms with van der Waals surface area (Å²) >= 11 is 0. The van der Waals surface area contributed by atoms with E-state index in [0.717, 1.165) is 0 Å².